The molecule has 0 saturated carbocycles. The van der Waals surface area contributed by atoms with Crippen molar-refractivity contribution in [1.82, 2.24) is 14.7 Å². The number of benzene rings is 1. The molecule has 0 aromatic heterocycles. The quantitative estimate of drug-likeness (QED) is 0.197. The zero-order valence-corrected chi connectivity index (χ0v) is 25.2. The largest absolute Gasteiger partial charge is 0.465 e. The maximum atomic E-state index is 14.7. The normalized spacial score (nSPS) is 30.6. The number of carbonyl (C=O) groups excluding carboxylic acids is 3. The Morgan fingerprint density at radius 3 is 2.60 bits per heavy atom. The Bertz CT molecular complexity index is 1190. The van der Waals surface area contributed by atoms with Gasteiger partial charge in [-0.15, -0.1) is 13.2 Å². The minimum absolute atomic E-state index is 0.164. The number of morpholine rings is 1. The van der Waals surface area contributed by atoms with Gasteiger partial charge < -0.3 is 29.1 Å². The Balaban J connectivity index is 1.50. The van der Waals surface area contributed by atoms with Crippen molar-refractivity contribution in [2.45, 2.75) is 55.9 Å². The van der Waals surface area contributed by atoms with E-state index in [1.54, 1.807) is 22.0 Å². The summed E-state index contributed by atoms with van der Waals surface area (Å²) < 4.78 is 17.8. The fourth-order valence-corrected chi connectivity index (χ4v) is 7.57. The number of nitrogens with zero attached hydrogens (tertiary/aromatic N) is 3. The molecule has 4 fully saturated rings. The highest BCUT2D eigenvalue weighted by atomic mass is 16.6. The number of aliphatic hydroxyl groups excluding tert-OH is 1. The van der Waals surface area contributed by atoms with Gasteiger partial charge in [0.15, 0.2) is 0 Å². The second kappa shape index (κ2) is 13.3. The van der Waals surface area contributed by atoms with Crippen LogP contribution in [0, 0.1) is 11.8 Å². The lowest BCUT2D eigenvalue weighted by molar-refractivity contribution is -0.162. The molecule has 4 aliphatic rings. The maximum absolute atomic E-state index is 14.7. The average Bonchev–Trinajstić information content (AvgIpc) is 3.59. The molecule has 4 heterocycles. The molecule has 6 atom stereocenters. The van der Waals surface area contributed by atoms with Crippen molar-refractivity contribution >= 4 is 17.8 Å². The average molecular weight is 596 g/mol. The summed E-state index contributed by atoms with van der Waals surface area (Å²) in [4.78, 5) is 48.3. The number of ether oxygens (including phenoxy) is 3. The van der Waals surface area contributed by atoms with Gasteiger partial charge in [0.25, 0.3) is 0 Å². The molecule has 2 unspecified atom stereocenters. The van der Waals surface area contributed by atoms with E-state index in [0.717, 1.165) is 18.7 Å². The van der Waals surface area contributed by atoms with Crippen LogP contribution in [0.15, 0.2) is 55.6 Å². The molecular weight excluding hydrogens is 550 g/mol. The topological polar surface area (TPSA) is 109 Å². The molecule has 1 N–H and O–H groups in total. The SMILES string of the molecule is C=CCCOC(=O)[C@@H]1[C@H]2C(=O)N([C@@H](CO)Cc3ccccc3)C(C(=O)N(CC=C)CCN3CCOCC3)C23CC[C@@]1(C)O3. The van der Waals surface area contributed by atoms with E-state index in [2.05, 4.69) is 18.1 Å². The molecule has 1 spiro atoms. The van der Waals surface area contributed by atoms with Crippen LogP contribution >= 0.6 is 0 Å². The molecule has 10 nitrogen and oxygen atoms in total. The Labute approximate surface area is 254 Å². The predicted molar refractivity (Wildman–Crippen MR) is 160 cm³/mol. The lowest BCUT2D eigenvalue weighted by atomic mass is 9.66. The zero-order chi connectivity index (χ0) is 30.6. The fourth-order valence-electron chi connectivity index (χ4n) is 7.57. The predicted octanol–water partition coefficient (Wildman–Crippen LogP) is 1.82. The molecule has 4 saturated heterocycles. The van der Waals surface area contributed by atoms with E-state index >= 15 is 0 Å². The summed E-state index contributed by atoms with van der Waals surface area (Å²) in [7, 11) is 0. The lowest BCUT2D eigenvalue weighted by Gasteiger charge is -2.40. The van der Waals surface area contributed by atoms with Gasteiger partial charge in [-0.05, 0) is 38.2 Å². The Morgan fingerprint density at radius 2 is 1.93 bits per heavy atom. The second-order valence-electron chi connectivity index (χ2n) is 12.3. The van der Waals surface area contributed by atoms with E-state index in [1.165, 1.54) is 0 Å². The van der Waals surface area contributed by atoms with E-state index in [1.807, 2.05) is 37.3 Å². The third kappa shape index (κ3) is 5.90. The number of hydrogen-bond donors (Lipinski definition) is 1. The van der Waals surface area contributed by atoms with E-state index < -0.39 is 41.1 Å². The number of hydrogen-bond acceptors (Lipinski definition) is 8. The third-order valence-corrected chi connectivity index (χ3v) is 9.64. The van der Waals surface area contributed by atoms with Gasteiger partial charge >= 0.3 is 5.97 Å². The van der Waals surface area contributed by atoms with Crippen molar-refractivity contribution < 1.29 is 33.7 Å². The summed E-state index contributed by atoms with van der Waals surface area (Å²) >= 11 is 0. The van der Waals surface area contributed by atoms with Crippen LogP contribution in [0.3, 0.4) is 0 Å². The summed E-state index contributed by atoms with van der Waals surface area (Å²) in [5, 5.41) is 10.7. The van der Waals surface area contributed by atoms with Gasteiger partial charge in [0.1, 0.15) is 17.6 Å². The Kier molecular flexibility index (Phi) is 9.70. The van der Waals surface area contributed by atoms with Crippen LogP contribution in [0.1, 0.15) is 31.7 Å². The van der Waals surface area contributed by atoms with E-state index in [9.17, 15) is 19.5 Å². The van der Waals surface area contributed by atoms with Crippen LogP contribution in [0.5, 0.6) is 0 Å². The number of fused-ring (bicyclic) bond motifs is 1. The molecule has 1 aromatic rings. The fraction of sp³-hybridized carbons (Fsp3) is 0.606. The number of aliphatic hydroxyl groups is 1. The molecular formula is C33H45N3O7. The molecule has 0 aliphatic carbocycles. The first kappa shape index (κ1) is 31.4. The summed E-state index contributed by atoms with van der Waals surface area (Å²) in [5.74, 6) is -2.81. The van der Waals surface area contributed by atoms with Gasteiger partial charge in [-0.3, -0.25) is 19.3 Å². The number of carbonyl (C=O) groups is 3. The first-order chi connectivity index (χ1) is 20.8. The van der Waals surface area contributed by atoms with Crippen LogP contribution in [0.4, 0.5) is 0 Å². The van der Waals surface area contributed by atoms with Crippen LogP contribution < -0.4 is 0 Å². The van der Waals surface area contributed by atoms with Gasteiger partial charge in [-0.1, -0.05) is 42.5 Å². The second-order valence-corrected chi connectivity index (χ2v) is 12.3. The van der Waals surface area contributed by atoms with Crippen molar-refractivity contribution in [3.05, 3.63) is 61.2 Å². The van der Waals surface area contributed by atoms with Crippen molar-refractivity contribution in [2.24, 2.45) is 11.8 Å². The summed E-state index contributed by atoms with van der Waals surface area (Å²) in [6.07, 6.45) is 5.19. The molecule has 2 bridgehead atoms. The van der Waals surface area contributed by atoms with Gasteiger partial charge in [0.2, 0.25) is 11.8 Å². The van der Waals surface area contributed by atoms with E-state index in [0.29, 0.717) is 58.5 Å². The van der Waals surface area contributed by atoms with Crippen LogP contribution in [-0.4, -0.2) is 120 Å². The van der Waals surface area contributed by atoms with Crippen LogP contribution in [0.25, 0.3) is 0 Å². The van der Waals surface area contributed by atoms with Crippen molar-refractivity contribution in [3.8, 4) is 0 Å². The number of likely N-dealkylation sites (tertiary alicyclic amines) is 1. The first-order valence-corrected chi connectivity index (χ1v) is 15.4. The molecule has 43 heavy (non-hydrogen) atoms. The minimum Gasteiger partial charge on any atom is -0.465 e. The molecule has 0 radical (unpaired) electrons. The summed E-state index contributed by atoms with van der Waals surface area (Å²) in [6, 6.07) is 7.92. The lowest BCUT2D eigenvalue weighted by Crippen LogP contribution is -2.60. The van der Waals surface area contributed by atoms with Crippen LogP contribution in [0.2, 0.25) is 0 Å². The van der Waals surface area contributed by atoms with Crippen LogP contribution in [-0.2, 0) is 35.0 Å². The zero-order valence-electron chi connectivity index (χ0n) is 25.2. The minimum atomic E-state index is -1.20. The Morgan fingerprint density at radius 1 is 1.19 bits per heavy atom. The summed E-state index contributed by atoms with van der Waals surface area (Å²) in [5.41, 5.74) is -1.20. The molecule has 1 aromatic carbocycles. The van der Waals surface area contributed by atoms with Gasteiger partial charge in [0.05, 0.1) is 44.0 Å². The number of esters is 1. The molecule has 234 valence electrons. The highest BCUT2D eigenvalue weighted by Gasteiger charge is 2.79. The molecule has 2 amide bonds. The van der Waals surface area contributed by atoms with Crippen molar-refractivity contribution in [1.29, 1.82) is 0 Å². The van der Waals surface area contributed by atoms with E-state index in [4.69, 9.17) is 14.2 Å². The standard InChI is InChI=1S/C33H45N3O7/c1-4-6-19-42-31(40)27-26-29(38)36(25(23-37)22-24-10-8-7-9-11-24)28(33(26)13-12-32(27,3)43-33)30(39)35(14-5-2)16-15-34-17-20-41-21-18-34/h4-5,7-11,25-28,37H,1-2,6,12-23H2,3H3/t25-,26+,27+,28?,32-,33?/m1/s1. The monoisotopic (exact) mass is 595 g/mol. The van der Waals surface area contributed by atoms with Gasteiger partial charge in [-0.25, -0.2) is 0 Å². The third-order valence-electron chi connectivity index (χ3n) is 9.64. The number of rotatable bonds is 14. The van der Waals surface area contributed by atoms with Gasteiger partial charge in [0, 0.05) is 32.7 Å². The van der Waals surface area contributed by atoms with Gasteiger partial charge in [-0.2, -0.15) is 0 Å². The molecule has 5 rings (SSSR count). The highest BCUT2D eigenvalue weighted by Crippen LogP contribution is 2.63. The summed E-state index contributed by atoms with van der Waals surface area (Å²) in [6.45, 7) is 13.5. The Hall–Kier alpha value is -3.05. The molecule has 4 aliphatic heterocycles. The van der Waals surface area contributed by atoms with Crippen molar-refractivity contribution in [2.75, 3.05) is 59.2 Å². The smallest absolute Gasteiger partial charge is 0.312 e. The molecule has 10 heteroatoms. The van der Waals surface area contributed by atoms with Crippen molar-refractivity contribution in [3.63, 3.8) is 0 Å². The van der Waals surface area contributed by atoms with E-state index in [-0.39, 0.29) is 25.0 Å². The maximum Gasteiger partial charge on any atom is 0.312 e. The number of amides is 2. The first-order valence-electron chi connectivity index (χ1n) is 15.4. The highest BCUT2D eigenvalue weighted by molar-refractivity contribution is 5.98.